The molecule has 34 heavy (non-hydrogen) atoms. The summed E-state index contributed by atoms with van der Waals surface area (Å²) in [4.78, 5) is 41.4. The Morgan fingerprint density at radius 2 is 1.88 bits per heavy atom. The lowest BCUT2D eigenvalue weighted by atomic mass is 10.2. The molecule has 0 bridgehead atoms. The predicted octanol–water partition coefficient (Wildman–Crippen LogP) is 3.21. The fourth-order valence-corrected chi connectivity index (χ4v) is 3.61. The summed E-state index contributed by atoms with van der Waals surface area (Å²) in [6.45, 7) is 1.55. The first-order valence-corrected chi connectivity index (χ1v) is 11.2. The number of carbonyl (C=O) groups is 2. The molecule has 3 N–H and O–H groups in total. The van der Waals surface area contributed by atoms with E-state index in [0.717, 1.165) is 9.86 Å². The van der Waals surface area contributed by atoms with E-state index < -0.39 is 23.5 Å². The van der Waals surface area contributed by atoms with E-state index in [4.69, 9.17) is 21.4 Å². The largest absolute Gasteiger partial charge is 0.479 e. The normalized spacial score (nSPS) is 11.6. The van der Waals surface area contributed by atoms with E-state index in [1.54, 1.807) is 43.5 Å². The standard InChI is InChI=1S/C23H17BrN4O5S/c1-12(32-18-6-2-4-13-5-3-9-25-19(13)18)20(29)27-28-23(34)26-21(30)16-11-14-10-15(24)7-8-17(14)33-22(16)31/h2-12H,1H3,(H,27,29)(H2,26,28,30,34)/t12-/m1/s1. The molecule has 9 nitrogen and oxygen atoms in total. The van der Waals surface area contributed by atoms with E-state index in [9.17, 15) is 14.4 Å². The molecular formula is C23H17BrN4O5S. The van der Waals surface area contributed by atoms with Crippen LogP contribution in [0.25, 0.3) is 21.9 Å². The number of ether oxygens (including phenoxy) is 1. The van der Waals surface area contributed by atoms with E-state index in [2.05, 4.69) is 37.1 Å². The summed E-state index contributed by atoms with van der Waals surface area (Å²) in [6, 6.07) is 15.5. The second-order valence-corrected chi connectivity index (χ2v) is 8.44. The highest BCUT2D eigenvalue weighted by Crippen LogP contribution is 2.24. The third-order valence-corrected chi connectivity index (χ3v) is 5.43. The summed E-state index contributed by atoms with van der Waals surface area (Å²) in [7, 11) is 0. The SMILES string of the molecule is C[C@@H](Oc1cccc2cccnc12)C(=O)NNC(=S)NC(=O)c1cc2cc(Br)ccc2oc1=O. The monoisotopic (exact) mass is 540 g/mol. The van der Waals surface area contributed by atoms with E-state index >= 15 is 0 Å². The van der Waals surface area contributed by atoms with E-state index in [0.29, 0.717) is 22.2 Å². The van der Waals surface area contributed by atoms with Gasteiger partial charge in [0, 0.05) is 21.4 Å². The molecule has 0 aliphatic heterocycles. The minimum absolute atomic E-state index is 0.217. The van der Waals surface area contributed by atoms with Gasteiger partial charge in [0.1, 0.15) is 22.4 Å². The van der Waals surface area contributed by atoms with Crippen molar-refractivity contribution in [3.8, 4) is 5.75 Å². The Morgan fingerprint density at radius 1 is 1.09 bits per heavy atom. The summed E-state index contributed by atoms with van der Waals surface area (Å²) in [5.41, 5.74) is 4.70. The van der Waals surface area contributed by atoms with Gasteiger partial charge in [-0.1, -0.05) is 34.1 Å². The maximum absolute atomic E-state index is 12.5. The number of nitrogens with zero attached hydrogens (tertiary/aromatic N) is 1. The second kappa shape index (κ2) is 9.98. The maximum Gasteiger partial charge on any atom is 0.349 e. The van der Waals surface area contributed by atoms with Crippen LogP contribution in [0.2, 0.25) is 0 Å². The van der Waals surface area contributed by atoms with Crippen molar-refractivity contribution in [2.45, 2.75) is 13.0 Å². The number of pyridine rings is 1. The van der Waals surface area contributed by atoms with Crippen molar-refractivity contribution in [1.82, 2.24) is 21.2 Å². The van der Waals surface area contributed by atoms with Crippen molar-refractivity contribution < 1.29 is 18.7 Å². The summed E-state index contributed by atoms with van der Waals surface area (Å²) in [5, 5.41) is 3.54. The van der Waals surface area contributed by atoms with Gasteiger partial charge in [-0.15, -0.1) is 0 Å². The maximum atomic E-state index is 12.5. The molecule has 4 aromatic rings. The van der Waals surface area contributed by atoms with E-state index in [-0.39, 0.29) is 10.7 Å². The van der Waals surface area contributed by atoms with Gasteiger partial charge in [-0.05, 0) is 55.5 Å². The molecule has 172 valence electrons. The third-order valence-electron chi connectivity index (χ3n) is 4.73. The highest BCUT2D eigenvalue weighted by molar-refractivity contribution is 9.10. The molecule has 0 aliphatic carbocycles. The zero-order valence-electron chi connectivity index (χ0n) is 17.6. The molecule has 0 saturated heterocycles. The van der Waals surface area contributed by atoms with Crippen molar-refractivity contribution in [2.24, 2.45) is 0 Å². The first-order valence-electron chi connectivity index (χ1n) is 9.97. The molecule has 0 fully saturated rings. The van der Waals surface area contributed by atoms with Gasteiger partial charge >= 0.3 is 5.63 Å². The lowest BCUT2D eigenvalue weighted by molar-refractivity contribution is -0.127. The highest BCUT2D eigenvalue weighted by atomic mass is 79.9. The number of halogens is 1. The zero-order chi connectivity index (χ0) is 24.2. The number of hydrogen-bond acceptors (Lipinski definition) is 7. The lowest BCUT2D eigenvalue weighted by Gasteiger charge is -2.17. The van der Waals surface area contributed by atoms with Crippen LogP contribution >= 0.6 is 28.1 Å². The highest BCUT2D eigenvalue weighted by Gasteiger charge is 2.18. The first kappa shape index (κ1) is 23.3. The van der Waals surface area contributed by atoms with Crippen molar-refractivity contribution in [2.75, 3.05) is 0 Å². The number of para-hydroxylation sites is 1. The number of thiocarbonyl (C=S) groups is 1. The molecule has 0 saturated carbocycles. The molecule has 0 unspecified atom stereocenters. The van der Waals surface area contributed by atoms with Crippen LogP contribution in [0, 0.1) is 0 Å². The Balaban J connectivity index is 1.35. The average Bonchev–Trinajstić information content (AvgIpc) is 2.82. The second-order valence-electron chi connectivity index (χ2n) is 7.12. The molecule has 0 spiro atoms. The van der Waals surface area contributed by atoms with Crippen molar-refractivity contribution in [3.05, 3.63) is 81.3 Å². The minimum atomic E-state index is -0.899. The van der Waals surface area contributed by atoms with Crippen LogP contribution in [-0.4, -0.2) is 28.0 Å². The Morgan fingerprint density at radius 3 is 2.71 bits per heavy atom. The first-order chi connectivity index (χ1) is 16.3. The number of amides is 2. The number of aromatic nitrogens is 1. The van der Waals surface area contributed by atoms with Gasteiger partial charge in [-0.2, -0.15) is 0 Å². The lowest BCUT2D eigenvalue weighted by Crippen LogP contribution is -2.52. The van der Waals surface area contributed by atoms with Crippen molar-refractivity contribution >= 4 is 66.9 Å². The molecule has 11 heteroatoms. The average molecular weight is 541 g/mol. The van der Waals surface area contributed by atoms with E-state index in [1.807, 2.05) is 18.2 Å². The van der Waals surface area contributed by atoms with Gasteiger partial charge in [0.05, 0.1) is 0 Å². The molecule has 0 radical (unpaired) electrons. The Kier molecular flexibility index (Phi) is 6.85. The molecule has 2 aromatic heterocycles. The van der Waals surface area contributed by atoms with Crippen LogP contribution in [0.4, 0.5) is 0 Å². The van der Waals surface area contributed by atoms with Gasteiger partial charge < -0.3 is 9.15 Å². The van der Waals surface area contributed by atoms with Gasteiger partial charge in [-0.25, -0.2) is 4.79 Å². The minimum Gasteiger partial charge on any atom is -0.479 e. The number of rotatable bonds is 4. The molecule has 2 aromatic carbocycles. The van der Waals surface area contributed by atoms with Crippen LogP contribution in [0.1, 0.15) is 17.3 Å². The smallest absolute Gasteiger partial charge is 0.349 e. The van der Waals surface area contributed by atoms with Crippen molar-refractivity contribution in [3.63, 3.8) is 0 Å². The quantitative estimate of drug-likeness (QED) is 0.205. The Bertz CT molecular complexity index is 1480. The van der Waals surface area contributed by atoms with Crippen LogP contribution in [0.5, 0.6) is 5.75 Å². The molecule has 4 rings (SSSR count). The van der Waals surface area contributed by atoms with E-state index in [1.165, 1.54) is 6.07 Å². The van der Waals surface area contributed by atoms with Gasteiger partial charge in [0.25, 0.3) is 11.8 Å². The predicted molar refractivity (Wildman–Crippen MR) is 133 cm³/mol. The summed E-state index contributed by atoms with van der Waals surface area (Å²) in [5.74, 6) is -0.876. The van der Waals surface area contributed by atoms with Crippen LogP contribution in [0.3, 0.4) is 0 Å². The molecular weight excluding hydrogens is 524 g/mol. The zero-order valence-corrected chi connectivity index (χ0v) is 20.0. The van der Waals surface area contributed by atoms with Crippen LogP contribution in [-0.2, 0) is 4.79 Å². The summed E-state index contributed by atoms with van der Waals surface area (Å²) < 4.78 is 11.7. The van der Waals surface area contributed by atoms with Crippen molar-refractivity contribution in [1.29, 1.82) is 0 Å². The van der Waals surface area contributed by atoms with Gasteiger partial charge in [0.2, 0.25) is 0 Å². The third kappa shape index (κ3) is 5.21. The summed E-state index contributed by atoms with van der Waals surface area (Å²) >= 11 is 8.37. The Labute approximate surface area is 206 Å². The molecule has 2 amide bonds. The molecule has 2 heterocycles. The summed E-state index contributed by atoms with van der Waals surface area (Å²) in [6.07, 6.45) is 0.738. The Hall–Kier alpha value is -3.83. The number of hydrogen-bond donors (Lipinski definition) is 3. The van der Waals surface area contributed by atoms with Crippen LogP contribution in [0.15, 0.2) is 74.5 Å². The number of nitrogens with one attached hydrogen (secondary N) is 3. The van der Waals surface area contributed by atoms with Gasteiger partial charge in [-0.3, -0.25) is 30.7 Å². The number of fused-ring (bicyclic) bond motifs is 2. The molecule has 0 aliphatic rings. The number of carbonyl (C=O) groups excluding carboxylic acids is 2. The molecule has 1 atom stereocenters. The number of benzene rings is 2. The fourth-order valence-electron chi connectivity index (χ4n) is 3.09. The topological polar surface area (TPSA) is 123 Å². The van der Waals surface area contributed by atoms with Crippen LogP contribution < -0.4 is 26.5 Å². The van der Waals surface area contributed by atoms with Gasteiger partial charge in [0.15, 0.2) is 11.2 Å². The number of hydrazine groups is 1. The fraction of sp³-hybridized carbons (Fsp3) is 0.0870.